The number of rotatable bonds is 14. The lowest BCUT2D eigenvalue weighted by molar-refractivity contribution is -0.143. The number of carboxylic acids is 1. The van der Waals surface area contributed by atoms with Crippen molar-refractivity contribution in [3.8, 4) is 0 Å². The highest BCUT2D eigenvalue weighted by Crippen LogP contribution is 2.06. The molecule has 4 amide bonds. The van der Waals surface area contributed by atoms with Crippen molar-refractivity contribution < 1.29 is 29.1 Å². The molecule has 12 heteroatoms. The highest BCUT2D eigenvalue weighted by molar-refractivity contribution is 7.98. The van der Waals surface area contributed by atoms with E-state index in [9.17, 15) is 24.0 Å². The van der Waals surface area contributed by atoms with Crippen LogP contribution in [-0.4, -0.2) is 70.9 Å². The lowest BCUT2D eigenvalue weighted by Gasteiger charge is -2.24. The second-order valence-corrected chi connectivity index (χ2v) is 8.04. The molecule has 0 bridgehead atoms. The Morgan fingerprint density at radius 3 is 2.00 bits per heavy atom. The number of nitrogens with one attached hydrogen (secondary N) is 3. The quantitative estimate of drug-likeness (QED) is 0.186. The molecule has 0 saturated heterocycles. The van der Waals surface area contributed by atoms with Gasteiger partial charge in [-0.15, -0.1) is 0 Å². The van der Waals surface area contributed by atoms with E-state index >= 15 is 0 Å². The lowest BCUT2D eigenvalue weighted by Crippen LogP contribution is -2.57. The standard InChI is InChI=1S/C18H33N5O6S/c1-5-9(2)14(20)17(27)21-10(3)15(25)22-11(6-7-30-4)16(26)23-12(18(28)29)8-13(19)24/h9-12,14H,5-8,20H2,1-4H3,(H2,19,24)(H,21,27)(H,22,25)(H,23,26)(H,28,29). The maximum atomic E-state index is 12.5. The molecule has 0 aromatic carbocycles. The lowest BCUT2D eigenvalue weighted by atomic mass is 9.99. The molecule has 0 aromatic rings. The Hall–Kier alpha value is -2.34. The summed E-state index contributed by atoms with van der Waals surface area (Å²) in [6, 6.07) is -4.29. The van der Waals surface area contributed by atoms with Crippen LogP contribution in [0.25, 0.3) is 0 Å². The monoisotopic (exact) mass is 447 g/mol. The number of carbonyl (C=O) groups is 5. The molecule has 0 aromatic heterocycles. The van der Waals surface area contributed by atoms with Crippen LogP contribution in [0.15, 0.2) is 0 Å². The van der Waals surface area contributed by atoms with Crippen LogP contribution in [-0.2, 0) is 24.0 Å². The number of primary amides is 1. The third kappa shape index (κ3) is 9.92. The van der Waals surface area contributed by atoms with Gasteiger partial charge in [-0.1, -0.05) is 20.3 Å². The highest BCUT2D eigenvalue weighted by Gasteiger charge is 2.29. The predicted molar refractivity (Wildman–Crippen MR) is 113 cm³/mol. The molecule has 0 rings (SSSR count). The van der Waals surface area contributed by atoms with Crippen molar-refractivity contribution in [2.24, 2.45) is 17.4 Å². The van der Waals surface area contributed by atoms with Crippen LogP contribution < -0.4 is 27.4 Å². The van der Waals surface area contributed by atoms with E-state index in [1.165, 1.54) is 18.7 Å². The van der Waals surface area contributed by atoms with E-state index in [1.54, 1.807) is 0 Å². The minimum atomic E-state index is -1.51. The van der Waals surface area contributed by atoms with Gasteiger partial charge in [0.1, 0.15) is 18.1 Å². The summed E-state index contributed by atoms with van der Waals surface area (Å²) in [6.07, 6.45) is 2.14. The fraction of sp³-hybridized carbons (Fsp3) is 0.722. The van der Waals surface area contributed by atoms with Gasteiger partial charge >= 0.3 is 5.97 Å². The summed E-state index contributed by atoms with van der Waals surface area (Å²) in [6.45, 7) is 5.17. The van der Waals surface area contributed by atoms with E-state index in [2.05, 4.69) is 16.0 Å². The molecule has 0 fully saturated rings. The van der Waals surface area contributed by atoms with E-state index in [0.717, 1.165) is 0 Å². The van der Waals surface area contributed by atoms with Crippen molar-refractivity contribution in [1.29, 1.82) is 0 Å². The first-order valence-electron chi connectivity index (χ1n) is 9.61. The number of hydrogen-bond donors (Lipinski definition) is 6. The Bertz CT molecular complexity index is 632. The van der Waals surface area contributed by atoms with Crippen LogP contribution in [0.5, 0.6) is 0 Å². The fourth-order valence-corrected chi connectivity index (χ4v) is 2.83. The van der Waals surface area contributed by atoms with Gasteiger partial charge in [-0.2, -0.15) is 11.8 Å². The summed E-state index contributed by atoms with van der Waals surface area (Å²) in [5.74, 6) is -3.74. The Kier molecular flexibility index (Phi) is 12.7. The van der Waals surface area contributed by atoms with E-state index in [-0.39, 0.29) is 12.3 Å². The normalized spacial score (nSPS) is 15.8. The second kappa shape index (κ2) is 13.8. The largest absolute Gasteiger partial charge is 0.480 e. The zero-order chi connectivity index (χ0) is 23.4. The van der Waals surface area contributed by atoms with Gasteiger partial charge in [0.05, 0.1) is 12.5 Å². The average molecular weight is 448 g/mol. The molecular weight excluding hydrogens is 414 g/mol. The molecule has 0 radical (unpaired) electrons. The SMILES string of the molecule is CCC(C)C(N)C(=O)NC(C)C(=O)NC(CCSC)C(=O)NC(CC(N)=O)C(=O)O. The highest BCUT2D eigenvalue weighted by atomic mass is 32.2. The van der Waals surface area contributed by atoms with Crippen molar-refractivity contribution in [3.63, 3.8) is 0 Å². The first-order valence-corrected chi connectivity index (χ1v) is 11.0. The molecular formula is C18H33N5O6S. The Labute approximate surface area is 180 Å². The van der Waals surface area contributed by atoms with Crippen LogP contribution in [0, 0.1) is 5.92 Å². The first kappa shape index (κ1) is 27.7. The van der Waals surface area contributed by atoms with Crippen LogP contribution in [0.4, 0.5) is 0 Å². The fourth-order valence-electron chi connectivity index (χ4n) is 2.36. The second-order valence-electron chi connectivity index (χ2n) is 7.05. The van der Waals surface area contributed by atoms with Crippen molar-refractivity contribution in [3.05, 3.63) is 0 Å². The number of hydrogen-bond acceptors (Lipinski definition) is 7. The van der Waals surface area contributed by atoms with Crippen molar-refractivity contribution >= 4 is 41.4 Å². The van der Waals surface area contributed by atoms with Gasteiger partial charge in [0.2, 0.25) is 23.6 Å². The smallest absolute Gasteiger partial charge is 0.326 e. The minimum Gasteiger partial charge on any atom is -0.480 e. The Balaban J connectivity index is 5.11. The van der Waals surface area contributed by atoms with E-state index in [4.69, 9.17) is 16.6 Å². The third-order valence-electron chi connectivity index (χ3n) is 4.58. The zero-order valence-electron chi connectivity index (χ0n) is 17.8. The molecule has 0 aliphatic heterocycles. The average Bonchev–Trinajstić information content (AvgIpc) is 2.68. The van der Waals surface area contributed by atoms with Gasteiger partial charge < -0.3 is 32.5 Å². The molecule has 0 aliphatic carbocycles. The third-order valence-corrected chi connectivity index (χ3v) is 5.22. The Morgan fingerprint density at radius 1 is 0.967 bits per heavy atom. The van der Waals surface area contributed by atoms with E-state index in [1.807, 2.05) is 20.1 Å². The summed E-state index contributed by atoms with van der Waals surface area (Å²) >= 11 is 1.43. The van der Waals surface area contributed by atoms with Crippen LogP contribution in [0.2, 0.25) is 0 Å². The number of amides is 4. The summed E-state index contributed by atoms with van der Waals surface area (Å²) in [5.41, 5.74) is 10.9. The molecule has 0 saturated carbocycles. The van der Waals surface area contributed by atoms with Crippen LogP contribution >= 0.6 is 11.8 Å². The number of thioether (sulfide) groups is 1. The van der Waals surface area contributed by atoms with Crippen LogP contribution in [0.1, 0.15) is 40.0 Å². The van der Waals surface area contributed by atoms with Gasteiger partial charge in [-0.3, -0.25) is 19.2 Å². The molecule has 8 N–H and O–H groups in total. The maximum Gasteiger partial charge on any atom is 0.326 e. The van der Waals surface area contributed by atoms with Crippen LogP contribution in [0.3, 0.4) is 0 Å². The van der Waals surface area contributed by atoms with Crippen molar-refractivity contribution in [2.75, 3.05) is 12.0 Å². The van der Waals surface area contributed by atoms with Crippen molar-refractivity contribution in [2.45, 2.75) is 64.2 Å². The molecule has 11 nitrogen and oxygen atoms in total. The topological polar surface area (TPSA) is 194 Å². The van der Waals surface area contributed by atoms with Gasteiger partial charge in [0, 0.05) is 0 Å². The molecule has 30 heavy (non-hydrogen) atoms. The van der Waals surface area contributed by atoms with Gasteiger partial charge in [-0.05, 0) is 31.3 Å². The number of nitrogens with two attached hydrogens (primary N) is 2. The van der Waals surface area contributed by atoms with Gasteiger partial charge in [0.15, 0.2) is 0 Å². The van der Waals surface area contributed by atoms with E-state index in [0.29, 0.717) is 12.2 Å². The number of aliphatic carboxylic acids is 1. The Morgan fingerprint density at radius 2 is 1.53 bits per heavy atom. The molecule has 5 unspecified atom stereocenters. The minimum absolute atomic E-state index is 0.0708. The zero-order valence-corrected chi connectivity index (χ0v) is 18.6. The molecule has 5 atom stereocenters. The summed E-state index contributed by atoms with van der Waals surface area (Å²) < 4.78 is 0. The summed E-state index contributed by atoms with van der Waals surface area (Å²) in [4.78, 5) is 59.4. The summed E-state index contributed by atoms with van der Waals surface area (Å²) in [5, 5.41) is 16.4. The van der Waals surface area contributed by atoms with Gasteiger partial charge in [0.25, 0.3) is 0 Å². The van der Waals surface area contributed by atoms with Gasteiger partial charge in [-0.25, -0.2) is 4.79 Å². The molecule has 0 heterocycles. The number of carboxylic acid groups (broad SMARTS) is 1. The number of carbonyl (C=O) groups excluding carboxylic acids is 4. The molecule has 0 spiro atoms. The van der Waals surface area contributed by atoms with Crippen molar-refractivity contribution in [1.82, 2.24) is 16.0 Å². The van der Waals surface area contributed by atoms with E-state index < -0.39 is 60.2 Å². The summed E-state index contributed by atoms with van der Waals surface area (Å²) in [7, 11) is 0. The molecule has 172 valence electrons. The maximum absolute atomic E-state index is 12.5. The predicted octanol–water partition coefficient (Wildman–Crippen LogP) is -1.45. The molecule has 0 aliphatic rings. The first-order chi connectivity index (χ1) is 13.9.